The van der Waals surface area contributed by atoms with E-state index in [1.54, 1.807) is 0 Å². The Hall–Kier alpha value is -0.690. The van der Waals surface area contributed by atoms with Crippen LogP contribution in [0.2, 0.25) is 0 Å². The van der Waals surface area contributed by atoms with Crippen LogP contribution in [0.1, 0.15) is 44.1 Å². The maximum Gasteiger partial charge on any atom is 0.0474 e. The van der Waals surface area contributed by atoms with Gasteiger partial charge in [0.15, 0.2) is 0 Å². The van der Waals surface area contributed by atoms with Crippen LogP contribution in [0.25, 0.3) is 0 Å². The number of anilines is 1. The van der Waals surface area contributed by atoms with E-state index in [0.29, 0.717) is 11.9 Å². The Morgan fingerprint density at radius 2 is 1.88 bits per heavy atom. The first-order valence-corrected chi connectivity index (χ1v) is 6.83. The Kier molecular flexibility index (Phi) is 4.53. The van der Waals surface area contributed by atoms with Gasteiger partial charge in [-0.1, -0.05) is 37.8 Å². The van der Waals surface area contributed by atoms with Crippen LogP contribution in [-0.4, -0.2) is 6.04 Å². The van der Waals surface area contributed by atoms with E-state index in [9.17, 15) is 0 Å². The Balaban J connectivity index is 1.96. The Labute approximate surface area is 103 Å². The van der Waals surface area contributed by atoms with Gasteiger partial charge in [0.25, 0.3) is 0 Å². The van der Waals surface area contributed by atoms with Crippen LogP contribution in [0.4, 0.5) is 5.69 Å². The van der Waals surface area contributed by atoms with Gasteiger partial charge in [-0.25, -0.2) is 0 Å². The van der Waals surface area contributed by atoms with Crippen molar-refractivity contribution in [3.8, 4) is 0 Å². The molecule has 1 aromatic rings. The third-order valence-electron chi connectivity index (χ3n) is 3.31. The molecule has 0 aliphatic heterocycles. The van der Waals surface area contributed by atoms with Crippen molar-refractivity contribution in [2.75, 3.05) is 5.32 Å². The molecule has 1 nitrogen and oxygen atoms in total. The van der Waals surface area contributed by atoms with Gasteiger partial charge in [0, 0.05) is 17.6 Å². The van der Waals surface area contributed by atoms with Crippen molar-refractivity contribution in [1.29, 1.82) is 0 Å². The lowest BCUT2D eigenvalue weighted by Gasteiger charge is -2.18. The second-order valence-corrected chi connectivity index (χ2v) is 4.93. The molecule has 0 spiro atoms. The molecule has 2 heteroatoms. The molecule has 0 heterocycles. The number of nitrogens with one attached hydrogen (secondary N) is 1. The zero-order valence-corrected chi connectivity index (χ0v) is 10.5. The summed E-state index contributed by atoms with van der Waals surface area (Å²) in [6.07, 6.45) is 8.16. The van der Waals surface area contributed by atoms with Gasteiger partial charge >= 0.3 is 0 Å². The molecule has 1 saturated carbocycles. The molecular weight excluding hydrogens is 218 g/mol. The summed E-state index contributed by atoms with van der Waals surface area (Å²) < 4.78 is 0. The maximum atomic E-state index is 5.84. The van der Waals surface area contributed by atoms with Crippen molar-refractivity contribution in [2.45, 2.75) is 50.4 Å². The fourth-order valence-electron chi connectivity index (χ4n) is 2.40. The summed E-state index contributed by atoms with van der Waals surface area (Å²) in [7, 11) is 0. The molecule has 1 N–H and O–H groups in total. The third-order valence-corrected chi connectivity index (χ3v) is 3.62. The van der Waals surface area contributed by atoms with Crippen molar-refractivity contribution in [3.63, 3.8) is 0 Å². The van der Waals surface area contributed by atoms with Crippen molar-refractivity contribution < 1.29 is 0 Å². The SMILES string of the molecule is ClCc1cccc(NC2CCCCCC2)c1. The van der Waals surface area contributed by atoms with E-state index in [1.807, 2.05) is 0 Å². The van der Waals surface area contributed by atoms with Crippen LogP contribution >= 0.6 is 11.6 Å². The fraction of sp³-hybridized carbons (Fsp3) is 0.571. The molecule has 1 fully saturated rings. The largest absolute Gasteiger partial charge is 0.382 e. The van der Waals surface area contributed by atoms with Crippen LogP contribution in [-0.2, 0) is 5.88 Å². The number of rotatable bonds is 3. The summed E-state index contributed by atoms with van der Waals surface area (Å²) in [5.74, 6) is 0.597. The highest BCUT2D eigenvalue weighted by Crippen LogP contribution is 2.21. The van der Waals surface area contributed by atoms with Crippen molar-refractivity contribution in [1.82, 2.24) is 0 Å². The molecule has 1 aromatic carbocycles. The normalized spacial score (nSPS) is 18.1. The summed E-state index contributed by atoms with van der Waals surface area (Å²) in [5.41, 5.74) is 2.42. The molecule has 2 rings (SSSR count). The molecule has 0 bridgehead atoms. The van der Waals surface area contributed by atoms with E-state index in [4.69, 9.17) is 11.6 Å². The van der Waals surface area contributed by atoms with E-state index >= 15 is 0 Å². The molecule has 0 radical (unpaired) electrons. The third kappa shape index (κ3) is 3.41. The Morgan fingerprint density at radius 1 is 1.12 bits per heavy atom. The van der Waals surface area contributed by atoms with Crippen molar-refractivity contribution in [3.05, 3.63) is 29.8 Å². The smallest absolute Gasteiger partial charge is 0.0474 e. The predicted molar refractivity (Wildman–Crippen MR) is 71.1 cm³/mol. The van der Waals surface area contributed by atoms with E-state index in [2.05, 4.69) is 29.6 Å². The van der Waals surface area contributed by atoms with Gasteiger partial charge in [-0.2, -0.15) is 0 Å². The zero-order valence-electron chi connectivity index (χ0n) is 9.71. The summed E-state index contributed by atoms with van der Waals surface area (Å²) in [5, 5.41) is 3.64. The van der Waals surface area contributed by atoms with Crippen LogP contribution < -0.4 is 5.32 Å². The van der Waals surface area contributed by atoms with Gasteiger partial charge in [-0.3, -0.25) is 0 Å². The fourth-order valence-corrected chi connectivity index (χ4v) is 2.57. The summed E-state index contributed by atoms with van der Waals surface area (Å²) in [6, 6.07) is 9.12. The minimum absolute atomic E-state index is 0.597. The molecule has 0 atom stereocenters. The van der Waals surface area contributed by atoms with E-state index in [0.717, 1.165) is 0 Å². The van der Waals surface area contributed by atoms with Crippen LogP contribution in [0.5, 0.6) is 0 Å². The summed E-state index contributed by atoms with van der Waals surface area (Å²) in [4.78, 5) is 0. The first kappa shape index (κ1) is 11.8. The highest BCUT2D eigenvalue weighted by molar-refractivity contribution is 6.17. The molecule has 0 unspecified atom stereocenters. The van der Waals surface area contributed by atoms with Gasteiger partial charge in [0.2, 0.25) is 0 Å². The number of halogens is 1. The second kappa shape index (κ2) is 6.15. The highest BCUT2D eigenvalue weighted by Gasteiger charge is 2.11. The van der Waals surface area contributed by atoms with Crippen molar-refractivity contribution in [2.24, 2.45) is 0 Å². The monoisotopic (exact) mass is 237 g/mol. The van der Waals surface area contributed by atoms with Gasteiger partial charge < -0.3 is 5.32 Å². The van der Waals surface area contributed by atoms with Gasteiger partial charge in [0.1, 0.15) is 0 Å². The molecular formula is C14H20ClN. The first-order chi connectivity index (χ1) is 7.88. The van der Waals surface area contributed by atoms with Gasteiger partial charge in [0.05, 0.1) is 0 Å². The average molecular weight is 238 g/mol. The predicted octanol–water partition coefficient (Wildman–Crippen LogP) is 4.56. The minimum atomic E-state index is 0.597. The minimum Gasteiger partial charge on any atom is -0.382 e. The Morgan fingerprint density at radius 3 is 2.56 bits per heavy atom. The summed E-state index contributed by atoms with van der Waals surface area (Å²) >= 11 is 5.84. The highest BCUT2D eigenvalue weighted by atomic mass is 35.5. The average Bonchev–Trinajstić information content (AvgIpc) is 2.58. The van der Waals surface area contributed by atoms with Crippen LogP contribution in [0.3, 0.4) is 0 Å². The van der Waals surface area contributed by atoms with Crippen LogP contribution in [0.15, 0.2) is 24.3 Å². The number of alkyl halides is 1. The van der Waals surface area contributed by atoms with E-state index < -0.39 is 0 Å². The molecule has 1 aliphatic carbocycles. The zero-order chi connectivity index (χ0) is 11.2. The molecule has 1 aliphatic rings. The topological polar surface area (TPSA) is 12.0 Å². The molecule has 0 aromatic heterocycles. The van der Waals surface area contributed by atoms with Gasteiger partial charge in [-0.15, -0.1) is 11.6 Å². The number of benzene rings is 1. The quantitative estimate of drug-likeness (QED) is 0.600. The maximum absolute atomic E-state index is 5.84. The Bertz CT molecular complexity index is 316. The van der Waals surface area contributed by atoms with E-state index in [1.165, 1.54) is 49.8 Å². The number of hydrogen-bond acceptors (Lipinski definition) is 1. The summed E-state index contributed by atoms with van der Waals surface area (Å²) in [6.45, 7) is 0. The number of hydrogen-bond donors (Lipinski definition) is 1. The molecule has 16 heavy (non-hydrogen) atoms. The van der Waals surface area contributed by atoms with Gasteiger partial charge in [-0.05, 0) is 30.5 Å². The van der Waals surface area contributed by atoms with Crippen LogP contribution in [0, 0.1) is 0 Å². The first-order valence-electron chi connectivity index (χ1n) is 6.30. The molecule has 0 amide bonds. The standard InChI is InChI=1S/C14H20ClN/c15-11-12-6-5-9-14(10-12)16-13-7-3-1-2-4-8-13/h5-6,9-10,13,16H,1-4,7-8,11H2. The van der Waals surface area contributed by atoms with Crippen molar-refractivity contribution >= 4 is 17.3 Å². The lowest BCUT2D eigenvalue weighted by molar-refractivity contribution is 0.620. The molecule has 88 valence electrons. The lowest BCUT2D eigenvalue weighted by Crippen LogP contribution is -2.18. The molecule has 0 saturated heterocycles. The van der Waals surface area contributed by atoms with E-state index in [-0.39, 0.29) is 0 Å². The lowest BCUT2D eigenvalue weighted by atomic mass is 10.1. The second-order valence-electron chi connectivity index (χ2n) is 4.67.